The van der Waals surface area contributed by atoms with Gasteiger partial charge in [0, 0.05) is 12.4 Å². The van der Waals surface area contributed by atoms with E-state index in [4.69, 9.17) is 10.5 Å². The third-order valence-electron chi connectivity index (χ3n) is 6.03. The Labute approximate surface area is 179 Å². The Morgan fingerprint density at radius 3 is 2.73 bits per heavy atom. The highest BCUT2D eigenvalue weighted by Gasteiger charge is 2.38. The average molecular weight is 411 g/mol. The first-order valence-corrected chi connectivity index (χ1v) is 11.0. The molecule has 1 atom stereocenters. The molecule has 1 aliphatic heterocycles. The number of ether oxygens (including phenoxy) is 1. The number of piperidine rings is 1. The summed E-state index contributed by atoms with van der Waals surface area (Å²) in [5, 5.41) is 6.98. The zero-order valence-corrected chi connectivity index (χ0v) is 17.9. The summed E-state index contributed by atoms with van der Waals surface area (Å²) in [6, 6.07) is 11.7. The van der Waals surface area contributed by atoms with Gasteiger partial charge in [-0.25, -0.2) is 0 Å². The van der Waals surface area contributed by atoms with Crippen molar-refractivity contribution in [1.29, 1.82) is 0 Å². The Hall–Kier alpha value is -2.44. The molecule has 1 saturated heterocycles. The number of hydrogen-bond acceptors (Lipinski definition) is 5. The minimum atomic E-state index is -0.941. The fraction of sp³-hybridized carbons (Fsp3) is 0.500. The van der Waals surface area contributed by atoms with Crippen molar-refractivity contribution in [3.8, 4) is 5.75 Å². The van der Waals surface area contributed by atoms with Crippen LogP contribution in [0.15, 0.2) is 48.8 Å². The highest BCUT2D eigenvalue weighted by atomic mass is 16.5. The molecule has 0 bridgehead atoms. The summed E-state index contributed by atoms with van der Waals surface area (Å²) >= 11 is 0. The lowest BCUT2D eigenvalue weighted by atomic mass is 9.82. The summed E-state index contributed by atoms with van der Waals surface area (Å²) in [6.07, 6.45) is 8.27. The zero-order valence-electron chi connectivity index (χ0n) is 17.9. The summed E-state index contributed by atoms with van der Waals surface area (Å²) < 4.78 is 5.69. The molecule has 0 spiro atoms. The van der Waals surface area contributed by atoms with Crippen molar-refractivity contribution in [3.05, 3.63) is 59.9 Å². The highest BCUT2D eigenvalue weighted by Crippen LogP contribution is 2.30. The van der Waals surface area contributed by atoms with E-state index in [9.17, 15) is 4.79 Å². The van der Waals surface area contributed by atoms with E-state index < -0.39 is 5.54 Å². The summed E-state index contributed by atoms with van der Waals surface area (Å²) in [5.41, 5.74) is 7.10. The second kappa shape index (κ2) is 11.1. The quantitative estimate of drug-likeness (QED) is 0.530. The second-order valence-corrected chi connectivity index (χ2v) is 7.99. The predicted octanol–water partition coefficient (Wildman–Crippen LogP) is 2.77. The first kappa shape index (κ1) is 22.2. The van der Waals surface area contributed by atoms with Gasteiger partial charge in [0.25, 0.3) is 0 Å². The summed E-state index contributed by atoms with van der Waals surface area (Å²) in [6.45, 7) is 5.43. The Bertz CT molecular complexity index is 793. The Balaban J connectivity index is 1.82. The molecule has 2 heterocycles. The van der Waals surface area contributed by atoms with Crippen molar-refractivity contribution in [2.45, 2.75) is 44.6 Å². The topological polar surface area (TPSA) is 89.3 Å². The molecular formula is C24H34N4O2. The molecular weight excluding hydrogens is 376 g/mol. The lowest BCUT2D eigenvalue weighted by molar-refractivity contribution is -0.125. The lowest BCUT2D eigenvalue weighted by Crippen LogP contribution is -2.53. The highest BCUT2D eigenvalue weighted by molar-refractivity contribution is 5.86. The lowest BCUT2D eigenvalue weighted by Gasteiger charge is -2.34. The van der Waals surface area contributed by atoms with Crippen LogP contribution in [0.4, 0.5) is 0 Å². The molecule has 4 N–H and O–H groups in total. The maximum atomic E-state index is 12.9. The van der Waals surface area contributed by atoms with E-state index in [1.54, 1.807) is 12.4 Å². The number of aromatic nitrogens is 1. The standard InChI is InChI=1S/C24H34N4O2/c1-2-30-22-5-3-4-21(18-22)24(23(25)29,12-6-19-7-13-26-14-8-19)28-17-11-20-9-15-27-16-10-20/h3-5,7-8,13-14,18,20,27-28H,2,6,9-12,15-17H2,1H3,(H2,25,29). The van der Waals surface area contributed by atoms with E-state index in [0.29, 0.717) is 18.9 Å². The van der Waals surface area contributed by atoms with Crippen molar-refractivity contribution in [1.82, 2.24) is 15.6 Å². The van der Waals surface area contributed by atoms with E-state index in [-0.39, 0.29) is 5.91 Å². The van der Waals surface area contributed by atoms with Gasteiger partial charge in [-0.3, -0.25) is 15.1 Å². The molecule has 2 aromatic rings. The van der Waals surface area contributed by atoms with Gasteiger partial charge in [-0.1, -0.05) is 12.1 Å². The minimum absolute atomic E-state index is 0.351. The largest absolute Gasteiger partial charge is 0.494 e. The molecule has 30 heavy (non-hydrogen) atoms. The van der Waals surface area contributed by atoms with Crippen LogP contribution in [0, 0.1) is 5.92 Å². The smallest absolute Gasteiger partial charge is 0.242 e. The molecule has 0 saturated carbocycles. The van der Waals surface area contributed by atoms with Crippen LogP contribution in [-0.2, 0) is 16.8 Å². The molecule has 6 nitrogen and oxygen atoms in total. The Morgan fingerprint density at radius 2 is 2.03 bits per heavy atom. The maximum absolute atomic E-state index is 12.9. The van der Waals surface area contributed by atoms with Crippen molar-refractivity contribution in [2.24, 2.45) is 11.7 Å². The molecule has 0 radical (unpaired) electrons. The molecule has 162 valence electrons. The number of carbonyl (C=O) groups excluding carboxylic acids is 1. The molecule has 1 aromatic carbocycles. The van der Waals surface area contributed by atoms with Crippen molar-refractivity contribution >= 4 is 5.91 Å². The number of aryl methyl sites for hydroxylation is 1. The molecule has 1 fully saturated rings. The van der Waals surface area contributed by atoms with Crippen LogP contribution in [0.1, 0.15) is 43.7 Å². The fourth-order valence-electron chi connectivity index (χ4n) is 4.25. The number of rotatable bonds is 11. The molecule has 3 rings (SSSR count). The first-order chi connectivity index (χ1) is 14.6. The number of nitrogens with zero attached hydrogens (tertiary/aromatic N) is 1. The molecule has 1 unspecified atom stereocenters. The van der Waals surface area contributed by atoms with Crippen LogP contribution >= 0.6 is 0 Å². The number of benzene rings is 1. The molecule has 1 aliphatic rings. The van der Waals surface area contributed by atoms with Crippen molar-refractivity contribution in [3.63, 3.8) is 0 Å². The van der Waals surface area contributed by atoms with E-state index in [0.717, 1.165) is 49.4 Å². The van der Waals surface area contributed by atoms with E-state index in [1.807, 2.05) is 43.3 Å². The van der Waals surface area contributed by atoms with Gasteiger partial charge in [-0.15, -0.1) is 0 Å². The second-order valence-electron chi connectivity index (χ2n) is 7.99. The van der Waals surface area contributed by atoms with Gasteiger partial charge < -0.3 is 15.8 Å². The number of pyridine rings is 1. The van der Waals surface area contributed by atoms with E-state index >= 15 is 0 Å². The van der Waals surface area contributed by atoms with E-state index in [2.05, 4.69) is 15.6 Å². The molecule has 0 aliphatic carbocycles. The van der Waals surface area contributed by atoms with Crippen LogP contribution in [-0.4, -0.2) is 37.1 Å². The monoisotopic (exact) mass is 410 g/mol. The van der Waals surface area contributed by atoms with Crippen LogP contribution in [0.5, 0.6) is 5.75 Å². The van der Waals surface area contributed by atoms with Crippen LogP contribution in [0.2, 0.25) is 0 Å². The van der Waals surface area contributed by atoms with Gasteiger partial charge >= 0.3 is 0 Å². The SMILES string of the molecule is CCOc1cccc(C(CCc2ccncc2)(NCCC2CCNCC2)C(N)=O)c1. The van der Waals surface area contributed by atoms with Crippen molar-refractivity contribution in [2.75, 3.05) is 26.2 Å². The predicted molar refractivity (Wildman–Crippen MR) is 119 cm³/mol. The number of primary amides is 1. The van der Waals surface area contributed by atoms with Gasteiger partial charge in [0.15, 0.2) is 0 Å². The van der Waals surface area contributed by atoms with Crippen LogP contribution < -0.4 is 21.1 Å². The average Bonchev–Trinajstić information content (AvgIpc) is 2.78. The summed E-state index contributed by atoms with van der Waals surface area (Å²) in [5.74, 6) is 1.08. The van der Waals surface area contributed by atoms with Gasteiger partial charge in [-0.05, 0) is 100.0 Å². The van der Waals surface area contributed by atoms with Crippen molar-refractivity contribution < 1.29 is 9.53 Å². The van der Waals surface area contributed by atoms with Gasteiger partial charge in [0.05, 0.1) is 6.61 Å². The van der Waals surface area contributed by atoms with E-state index in [1.165, 1.54) is 12.8 Å². The third-order valence-corrected chi connectivity index (χ3v) is 6.03. The zero-order chi connectivity index (χ0) is 21.2. The number of nitrogens with two attached hydrogens (primary N) is 1. The molecule has 1 amide bonds. The summed E-state index contributed by atoms with van der Waals surface area (Å²) in [7, 11) is 0. The minimum Gasteiger partial charge on any atom is -0.494 e. The summed E-state index contributed by atoms with van der Waals surface area (Å²) in [4.78, 5) is 17.0. The number of hydrogen-bond donors (Lipinski definition) is 3. The fourth-order valence-corrected chi connectivity index (χ4v) is 4.25. The Kier molecular flexibility index (Phi) is 8.22. The van der Waals surface area contributed by atoms with Gasteiger partial charge in [0.2, 0.25) is 5.91 Å². The third kappa shape index (κ3) is 5.80. The maximum Gasteiger partial charge on any atom is 0.242 e. The number of nitrogens with one attached hydrogen (secondary N) is 2. The van der Waals surface area contributed by atoms with Gasteiger partial charge in [0.1, 0.15) is 11.3 Å². The first-order valence-electron chi connectivity index (χ1n) is 11.0. The normalized spacial score (nSPS) is 16.7. The molecule has 6 heteroatoms. The molecule has 1 aromatic heterocycles. The van der Waals surface area contributed by atoms with Crippen LogP contribution in [0.3, 0.4) is 0 Å². The van der Waals surface area contributed by atoms with Gasteiger partial charge in [-0.2, -0.15) is 0 Å². The van der Waals surface area contributed by atoms with Crippen LogP contribution in [0.25, 0.3) is 0 Å². The Morgan fingerprint density at radius 1 is 1.27 bits per heavy atom. The number of amides is 1. The number of carbonyl (C=O) groups is 1.